The molecular formula is C29H33FN4O3. The van der Waals surface area contributed by atoms with Crippen LogP contribution in [0.1, 0.15) is 40.3 Å². The minimum Gasteiger partial charge on any atom is -0.502 e. The van der Waals surface area contributed by atoms with E-state index in [0.29, 0.717) is 31.6 Å². The molecule has 1 aromatic heterocycles. The topological polar surface area (TPSA) is 90.5 Å². The summed E-state index contributed by atoms with van der Waals surface area (Å²) >= 11 is 0. The normalized spacial score (nSPS) is 14.6. The number of morpholine rings is 1. The van der Waals surface area contributed by atoms with Gasteiger partial charge in [0, 0.05) is 49.6 Å². The molecule has 3 aromatic rings. The summed E-state index contributed by atoms with van der Waals surface area (Å²) < 4.78 is 17.9. The molecule has 1 saturated heterocycles. The molecule has 0 spiro atoms. The summed E-state index contributed by atoms with van der Waals surface area (Å²) in [5.74, 6) is 6.03. The van der Waals surface area contributed by atoms with Crippen LogP contribution in [-0.4, -0.2) is 66.0 Å². The number of benzene rings is 2. The highest BCUT2D eigenvalue weighted by atomic mass is 19.1. The van der Waals surface area contributed by atoms with Crippen molar-refractivity contribution in [3.63, 3.8) is 0 Å². The number of nitrogens with zero attached hydrogens (tertiary/aromatic N) is 2. The minimum absolute atomic E-state index is 0.0548. The first-order chi connectivity index (χ1) is 18.1. The summed E-state index contributed by atoms with van der Waals surface area (Å²) in [7, 11) is 0. The molecule has 1 fully saturated rings. The maximum Gasteiger partial charge on any atom is 0.293 e. The smallest absolute Gasteiger partial charge is 0.293 e. The van der Waals surface area contributed by atoms with Crippen molar-refractivity contribution in [1.29, 1.82) is 0 Å². The van der Waals surface area contributed by atoms with Gasteiger partial charge in [0.1, 0.15) is 0 Å². The van der Waals surface area contributed by atoms with Crippen LogP contribution in [0.4, 0.5) is 4.39 Å². The Morgan fingerprint density at radius 3 is 2.43 bits per heavy atom. The third-order valence-corrected chi connectivity index (χ3v) is 6.42. The second-order valence-electron chi connectivity index (χ2n) is 9.13. The summed E-state index contributed by atoms with van der Waals surface area (Å²) in [4.78, 5) is 20.7. The molecule has 0 radical (unpaired) electrons. The van der Waals surface area contributed by atoms with Crippen LogP contribution < -0.4 is 10.9 Å². The molecule has 1 unspecified atom stereocenters. The number of H-pyrrole nitrogens is 1. The molecule has 0 amide bonds. The van der Waals surface area contributed by atoms with Gasteiger partial charge in [-0.15, -0.1) is 0 Å². The zero-order valence-corrected chi connectivity index (χ0v) is 20.9. The van der Waals surface area contributed by atoms with E-state index in [0.717, 1.165) is 49.5 Å². The quantitative estimate of drug-likeness (QED) is 0.291. The zero-order chi connectivity index (χ0) is 25.9. The Balaban J connectivity index is 1.41. The molecule has 1 aliphatic heterocycles. The number of rotatable bonds is 10. The fraction of sp³-hybridized carbons (Fsp3) is 0.379. The second-order valence-corrected chi connectivity index (χ2v) is 9.13. The Kier molecular flexibility index (Phi) is 9.83. The maximum absolute atomic E-state index is 12.5. The first-order valence-corrected chi connectivity index (χ1v) is 12.7. The fourth-order valence-corrected chi connectivity index (χ4v) is 4.28. The van der Waals surface area contributed by atoms with Crippen LogP contribution in [0.5, 0.6) is 5.75 Å². The molecule has 1 aliphatic rings. The van der Waals surface area contributed by atoms with Crippen molar-refractivity contribution in [3.8, 4) is 17.6 Å². The molecule has 4 rings (SSSR count). The zero-order valence-electron chi connectivity index (χ0n) is 20.9. The number of aromatic hydroxyl groups is 1. The average molecular weight is 505 g/mol. The molecule has 194 valence electrons. The van der Waals surface area contributed by atoms with E-state index >= 15 is 0 Å². The van der Waals surface area contributed by atoms with Gasteiger partial charge < -0.3 is 20.1 Å². The van der Waals surface area contributed by atoms with E-state index < -0.39 is 5.56 Å². The van der Waals surface area contributed by atoms with Crippen LogP contribution >= 0.6 is 0 Å². The first-order valence-electron chi connectivity index (χ1n) is 12.7. The molecular weight excluding hydrogens is 471 g/mol. The molecule has 3 N–H and O–H groups in total. The largest absolute Gasteiger partial charge is 0.502 e. The maximum atomic E-state index is 12.5. The van der Waals surface area contributed by atoms with Crippen molar-refractivity contribution in [3.05, 3.63) is 93.2 Å². The summed E-state index contributed by atoms with van der Waals surface area (Å²) in [5, 5.41) is 13.4. The van der Waals surface area contributed by atoms with Crippen LogP contribution in [0.25, 0.3) is 0 Å². The van der Waals surface area contributed by atoms with Gasteiger partial charge in [0.25, 0.3) is 5.56 Å². The second kappa shape index (κ2) is 13.7. The Morgan fingerprint density at radius 1 is 1.08 bits per heavy atom. The number of ether oxygens (including phenoxy) is 1. The number of hydrogen-bond donors (Lipinski definition) is 3. The van der Waals surface area contributed by atoms with Gasteiger partial charge in [-0.1, -0.05) is 36.1 Å². The van der Waals surface area contributed by atoms with Crippen LogP contribution in [0, 0.1) is 11.8 Å². The standard InChI is InChI=1S/C29H33FN4O3/c30-12-1-13-31-19-26(18-27-28(35)29(36)33-21-32-27)25-10-8-23(9-11-25)3-2-22-4-6-24(7-5-22)20-34-14-16-37-17-15-34/h4-11,21,26,31,35H,1,12-20H2,(H,32,33,36). The van der Waals surface area contributed by atoms with Crippen LogP contribution in [0.3, 0.4) is 0 Å². The van der Waals surface area contributed by atoms with Crippen molar-refractivity contribution >= 4 is 0 Å². The van der Waals surface area contributed by atoms with Gasteiger partial charge in [0.2, 0.25) is 5.75 Å². The van der Waals surface area contributed by atoms with Gasteiger partial charge in [-0.05, 0) is 48.4 Å². The summed E-state index contributed by atoms with van der Waals surface area (Å²) in [6.07, 6.45) is 2.10. The molecule has 1 atom stereocenters. The van der Waals surface area contributed by atoms with Crippen LogP contribution in [0.15, 0.2) is 59.7 Å². The Labute approximate surface area is 216 Å². The van der Waals surface area contributed by atoms with Crippen LogP contribution in [-0.2, 0) is 17.7 Å². The Morgan fingerprint density at radius 2 is 1.76 bits per heavy atom. The van der Waals surface area contributed by atoms with E-state index in [9.17, 15) is 14.3 Å². The van der Waals surface area contributed by atoms with E-state index in [1.165, 1.54) is 11.9 Å². The lowest BCUT2D eigenvalue weighted by atomic mass is 9.93. The van der Waals surface area contributed by atoms with E-state index in [2.05, 4.69) is 56.3 Å². The van der Waals surface area contributed by atoms with Gasteiger partial charge in [-0.2, -0.15) is 0 Å². The molecule has 2 aromatic carbocycles. The highest BCUT2D eigenvalue weighted by Crippen LogP contribution is 2.23. The number of alkyl halides is 1. The Bertz CT molecular complexity index is 1240. The Hall–Kier alpha value is -3.51. The molecule has 37 heavy (non-hydrogen) atoms. The molecule has 0 bridgehead atoms. The van der Waals surface area contributed by atoms with Crippen molar-refractivity contribution in [1.82, 2.24) is 20.2 Å². The highest BCUT2D eigenvalue weighted by Gasteiger charge is 2.17. The van der Waals surface area contributed by atoms with Gasteiger partial charge in [0.15, 0.2) is 0 Å². The summed E-state index contributed by atoms with van der Waals surface area (Å²) in [5.41, 5.74) is 3.91. The van der Waals surface area contributed by atoms with Crippen molar-refractivity contribution < 1.29 is 14.2 Å². The van der Waals surface area contributed by atoms with E-state index in [-0.39, 0.29) is 18.3 Å². The van der Waals surface area contributed by atoms with Crippen molar-refractivity contribution in [2.24, 2.45) is 0 Å². The van der Waals surface area contributed by atoms with E-state index in [1.807, 2.05) is 24.3 Å². The number of nitrogens with one attached hydrogen (secondary N) is 2. The predicted molar refractivity (Wildman–Crippen MR) is 141 cm³/mol. The van der Waals surface area contributed by atoms with Crippen LogP contribution in [0.2, 0.25) is 0 Å². The van der Waals surface area contributed by atoms with Crippen molar-refractivity contribution in [2.75, 3.05) is 46.1 Å². The average Bonchev–Trinajstić information content (AvgIpc) is 2.93. The van der Waals surface area contributed by atoms with E-state index in [1.54, 1.807) is 0 Å². The lowest BCUT2D eigenvalue weighted by Gasteiger charge is -2.26. The fourth-order valence-electron chi connectivity index (χ4n) is 4.28. The van der Waals surface area contributed by atoms with E-state index in [4.69, 9.17) is 4.74 Å². The monoisotopic (exact) mass is 504 g/mol. The minimum atomic E-state index is -0.561. The molecule has 0 aliphatic carbocycles. The third-order valence-electron chi connectivity index (χ3n) is 6.42. The molecule has 7 nitrogen and oxygen atoms in total. The molecule has 0 saturated carbocycles. The summed E-state index contributed by atoms with van der Waals surface area (Å²) in [6.45, 7) is 5.19. The number of aromatic nitrogens is 2. The van der Waals surface area contributed by atoms with Crippen molar-refractivity contribution in [2.45, 2.75) is 25.3 Å². The molecule has 8 heteroatoms. The first kappa shape index (κ1) is 26.6. The van der Waals surface area contributed by atoms with Gasteiger partial charge in [-0.25, -0.2) is 4.98 Å². The van der Waals surface area contributed by atoms with Gasteiger partial charge >= 0.3 is 0 Å². The summed E-state index contributed by atoms with van der Waals surface area (Å²) in [6, 6.07) is 16.3. The van der Waals surface area contributed by atoms with Gasteiger partial charge in [-0.3, -0.25) is 14.1 Å². The number of aromatic amines is 1. The lowest BCUT2D eigenvalue weighted by Crippen LogP contribution is -2.35. The van der Waals surface area contributed by atoms with Gasteiger partial charge in [0.05, 0.1) is 31.9 Å². The SMILES string of the molecule is O=c1[nH]cnc(CC(CNCCCF)c2ccc(C#Cc3ccc(CN4CCOCC4)cc3)cc2)c1O. The number of hydrogen-bond acceptors (Lipinski definition) is 6. The predicted octanol–water partition coefficient (Wildman–Crippen LogP) is 2.98. The molecule has 2 heterocycles. The third kappa shape index (κ3) is 7.99. The highest BCUT2D eigenvalue weighted by molar-refractivity contribution is 5.44. The number of halogens is 1. The lowest BCUT2D eigenvalue weighted by molar-refractivity contribution is 0.0342.